The molecule has 106 valence electrons. The van der Waals surface area contributed by atoms with E-state index in [0.717, 1.165) is 28.4 Å². The topological polar surface area (TPSA) is 58.2 Å². The van der Waals surface area contributed by atoms with Crippen LogP contribution in [-0.2, 0) is 4.79 Å². The van der Waals surface area contributed by atoms with Crippen molar-refractivity contribution in [2.75, 3.05) is 19.6 Å². The molecular formula is C14H22N2O2S. The molecule has 1 amide bonds. The van der Waals surface area contributed by atoms with Gasteiger partial charge in [-0.2, -0.15) is 0 Å². The molecule has 0 aliphatic heterocycles. The van der Waals surface area contributed by atoms with Crippen LogP contribution < -0.4 is 10.6 Å². The molecule has 0 atom stereocenters. The Hall–Kier alpha value is -1.20. The van der Waals surface area contributed by atoms with Crippen LogP contribution in [0.3, 0.4) is 0 Å². The fraction of sp³-hybridized carbons (Fsp3) is 0.571. The molecule has 0 bridgehead atoms. The van der Waals surface area contributed by atoms with Crippen molar-refractivity contribution in [1.29, 1.82) is 0 Å². The van der Waals surface area contributed by atoms with E-state index < -0.39 is 0 Å². The van der Waals surface area contributed by atoms with Crippen LogP contribution in [0.25, 0.3) is 0 Å². The van der Waals surface area contributed by atoms with Crippen molar-refractivity contribution in [3.05, 3.63) is 21.4 Å². The fourth-order valence-electron chi connectivity index (χ4n) is 1.82. The largest absolute Gasteiger partial charge is 0.355 e. The highest BCUT2D eigenvalue weighted by Gasteiger charge is 2.13. The number of hydrogen-bond donors (Lipinski definition) is 2. The number of amides is 1. The highest BCUT2D eigenvalue weighted by Crippen LogP contribution is 2.22. The van der Waals surface area contributed by atoms with Gasteiger partial charge in [0.15, 0.2) is 5.78 Å². The van der Waals surface area contributed by atoms with E-state index in [0.29, 0.717) is 6.54 Å². The van der Waals surface area contributed by atoms with Gasteiger partial charge in [0.1, 0.15) is 0 Å². The van der Waals surface area contributed by atoms with E-state index >= 15 is 0 Å². The van der Waals surface area contributed by atoms with Gasteiger partial charge in [-0.3, -0.25) is 9.59 Å². The van der Waals surface area contributed by atoms with Crippen LogP contribution in [0.4, 0.5) is 0 Å². The lowest BCUT2D eigenvalue weighted by molar-refractivity contribution is -0.121. The highest BCUT2D eigenvalue weighted by atomic mass is 32.1. The van der Waals surface area contributed by atoms with E-state index in [2.05, 4.69) is 10.6 Å². The Bertz CT molecular complexity index is 441. The van der Waals surface area contributed by atoms with Crippen molar-refractivity contribution in [1.82, 2.24) is 10.6 Å². The number of thiophene rings is 1. The van der Waals surface area contributed by atoms with Crippen molar-refractivity contribution in [3.63, 3.8) is 0 Å². The van der Waals surface area contributed by atoms with E-state index in [9.17, 15) is 9.59 Å². The lowest BCUT2D eigenvalue weighted by Gasteiger charge is -2.05. The van der Waals surface area contributed by atoms with Crippen LogP contribution in [0.1, 0.15) is 39.9 Å². The molecule has 1 heterocycles. The monoisotopic (exact) mass is 282 g/mol. The molecule has 0 aliphatic carbocycles. The Labute approximate surface area is 118 Å². The van der Waals surface area contributed by atoms with Gasteiger partial charge < -0.3 is 10.6 Å². The molecule has 0 radical (unpaired) electrons. The summed E-state index contributed by atoms with van der Waals surface area (Å²) in [6.07, 6.45) is 0.545. The van der Waals surface area contributed by atoms with Gasteiger partial charge >= 0.3 is 0 Å². The van der Waals surface area contributed by atoms with Gasteiger partial charge in [-0.05, 0) is 26.5 Å². The first-order chi connectivity index (χ1) is 9.04. The number of nitrogens with one attached hydrogen (secondary N) is 2. The van der Waals surface area contributed by atoms with Crippen molar-refractivity contribution in [2.24, 2.45) is 0 Å². The Morgan fingerprint density at radius 2 is 1.95 bits per heavy atom. The molecule has 0 saturated heterocycles. The highest BCUT2D eigenvalue weighted by molar-refractivity contribution is 7.12. The van der Waals surface area contributed by atoms with Gasteiger partial charge in [0.2, 0.25) is 5.91 Å². The number of ketones is 1. The van der Waals surface area contributed by atoms with Gasteiger partial charge in [0.05, 0.1) is 0 Å². The van der Waals surface area contributed by atoms with E-state index in [1.807, 2.05) is 26.8 Å². The van der Waals surface area contributed by atoms with Crippen LogP contribution in [0, 0.1) is 13.8 Å². The molecule has 19 heavy (non-hydrogen) atoms. The van der Waals surface area contributed by atoms with Crippen LogP contribution in [0.15, 0.2) is 6.07 Å². The normalized spacial score (nSPS) is 10.5. The molecule has 0 aliphatic rings. The molecular weight excluding hydrogens is 260 g/mol. The maximum Gasteiger partial charge on any atom is 0.220 e. The quantitative estimate of drug-likeness (QED) is 0.567. The third kappa shape index (κ3) is 5.53. The summed E-state index contributed by atoms with van der Waals surface area (Å²) < 4.78 is 0. The lowest BCUT2D eigenvalue weighted by atomic mass is 10.1. The second kappa shape index (κ2) is 8.07. The molecule has 1 rings (SSSR count). The van der Waals surface area contributed by atoms with Gasteiger partial charge in [0.25, 0.3) is 0 Å². The maximum absolute atomic E-state index is 12.0. The third-order valence-electron chi connectivity index (χ3n) is 2.79. The SMILES string of the molecule is CCNCCNC(=O)CCC(=O)c1cc(C)sc1C. The standard InChI is InChI=1S/C14H22N2O2S/c1-4-15-7-8-16-14(18)6-5-13(17)12-9-10(2)19-11(12)3/h9,15H,4-8H2,1-3H3,(H,16,18). The fourth-order valence-corrected chi connectivity index (χ4v) is 2.77. The van der Waals surface area contributed by atoms with Gasteiger partial charge in [-0.15, -0.1) is 11.3 Å². The van der Waals surface area contributed by atoms with Crippen LogP contribution in [0.2, 0.25) is 0 Å². The Morgan fingerprint density at radius 3 is 2.53 bits per heavy atom. The second-order valence-corrected chi connectivity index (χ2v) is 5.91. The van der Waals surface area contributed by atoms with Crippen molar-refractivity contribution >= 4 is 23.0 Å². The Kier molecular flexibility index (Phi) is 6.73. The number of likely N-dealkylation sites (N-methyl/N-ethyl adjacent to an activating group) is 1. The summed E-state index contributed by atoms with van der Waals surface area (Å²) in [5.41, 5.74) is 0.767. The summed E-state index contributed by atoms with van der Waals surface area (Å²) in [6, 6.07) is 1.91. The summed E-state index contributed by atoms with van der Waals surface area (Å²) in [6.45, 7) is 8.22. The summed E-state index contributed by atoms with van der Waals surface area (Å²) >= 11 is 1.62. The van der Waals surface area contributed by atoms with Gasteiger partial charge in [-0.25, -0.2) is 0 Å². The summed E-state index contributed by atoms with van der Waals surface area (Å²) in [5, 5.41) is 5.92. The molecule has 0 fully saturated rings. The zero-order chi connectivity index (χ0) is 14.3. The molecule has 1 aromatic rings. The zero-order valence-corrected chi connectivity index (χ0v) is 12.7. The number of carbonyl (C=O) groups is 2. The number of aryl methyl sites for hydroxylation is 2. The summed E-state index contributed by atoms with van der Waals surface area (Å²) in [7, 11) is 0. The van der Waals surface area contributed by atoms with Crippen LogP contribution >= 0.6 is 11.3 Å². The minimum atomic E-state index is -0.0594. The number of hydrogen-bond acceptors (Lipinski definition) is 4. The summed E-state index contributed by atoms with van der Waals surface area (Å²) in [5.74, 6) is -0.000425. The first-order valence-corrected chi connectivity index (χ1v) is 7.44. The zero-order valence-electron chi connectivity index (χ0n) is 11.8. The van der Waals surface area contributed by atoms with E-state index in [1.165, 1.54) is 0 Å². The molecule has 4 nitrogen and oxygen atoms in total. The van der Waals surface area contributed by atoms with Gasteiger partial charge in [-0.1, -0.05) is 6.92 Å². The Balaban J connectivity index is 2.30. The van der Waals surface area contributed by atoms with Crippen molar-refractivity contribution in [2.45, 2.75) is 33.6 Å². The maximum atomic E-state index is 12.0. The molecule has 0 spiro atoms. The minimum absolute atomic E-state index is 0.0590. The molecule has 0 aromatic carbocycles. The first kappa shape index (κ1) is 15.9. The van der Waals surface area contributed by atoms with Crippen molar-refractivity contribution in [3.8, 4) is 0 Å². The van der Waals surface area contributed by atoms with Crippen LogP contribution in [-0.4, -0.2) is 31.3 Å². The van der Waals surface area contributed by atoms with Crippen molar-refractivity contribution < 1.29 is 9.59 Å². The van der Waals surface area contributed by atoms with Crippen LogP contribution in [0.5, 0.6) is 0 Å². The van der Waals surface area contributed by atoms with E-state index in [-0.39, 0.29) is 24.5 Å². The number of Topliss-reactive ketones (excluding diaryl/α,β-unsaturated/α-hetero) is 1. The predicted molar refractivity (Wildman–Crippen MR) is 78.9 cm³/mol. The predicted octanol–water partition coefficient (Wildman–Crippen LogP) is 2.05. The summed E-state index contributed by atoms with van der Waals surface area (Å²) in [4.78, 5) is 25.7. The molecule has 0 saturated carbocycles. The first-order valence-electron chi connectivity index (χ1n) is 6.62. The van der Waals surface area contributed by atoms with E-state index in [4.69, 9.17) is 0 Å². The smallest absolute Gasteiger partial charge is 0.220 e. The number of rotatable bonds is 8. The lowest BCUT2D eigenvalue weighted by Crippen LogP contribution is -2.31. The molecule has 2 N–H and O–H groups in total. The number of carbonyl (C=O) groups excluding carboxylic acids is 2. The van der Waals surface area contributed by atoms with E-state index in [1.54, 1.807) is 11.3 Å². The molecule has 0 unspecified atom stereocenters. The average Bonchev–Trinajstić information content (AvgIpc) is 2.71. The van der Waals surface area contributed by atoms with Gasteiger partial charge in [0, 0.05) is 41.2 Å². The minimum Gasteiger partial charge on any atom is -0.355 e. The Morgan fingerprint density at radius 1 is 1.21 bits per heavy atom. The molecule has 5 heteroatoms. The average molecular weight is 282 g/mol. The third-order valence-corrected chi connectivity index (χ3v) is 3.76. The second-order valence-electron chi connectivity index (χ2n) is 4.45. The molecule has 1 aromatic heterocycles.